The molecule has 4 nitrogen and oxygen atoms in total. The van der Waals surface area contributed by atoms with Gasteiger partial charge < -0.3 is 14.0 Å². The minimum Gasteiger partial charge on any atom is -0.466 e. The summed E-state index contributed by atoms with van der Waals surface area (Å²) >= 11 is 3.06. The Hall–Kier alpha value is -0.985. The first-order valence-electron chi connectivity index (χ1n) is 8.15. The maximum atomic E-state index is 14.6. The summed E-state index contributed by atoms with van der Waals surface area (Å²) in [5, 5.41) is 0. The average Bonchev–Trinajstić information content (AvgIpc) is 2.71. The number of rotatable bonds is 5. The van der Waals surface area contributed by atoms with Gasteiger partial charge in [0, 0.05) is 11.4 Å². The van der Waals surface area contributed by atoms with E-state index < -0.39 is 41.7 Å². The molecule has 138 valence electrons. The van der Waals surface area contributed by atoms with Crippen LogP contribution in [0.25, 0.3) is 0 Å². The van der Waals surface area contributed by atoms with Crippen LogP contribution in [0.15, 0.2) is 16.6 Å². The van der Waals surface area contributed by atoms with Gasteiger partial charge in [-0.05, 0) is 62.7 Å². The summed E-state index contributed by atoms with van der Waals surface area (Å²) in [5.41, 5.74) is -1.63. The lowest BCUT2D eigenvalue weighted by Gasteiger charge is -2.32. The van der Waals surface area contributed by atoms with Gasteiger partial charge in [0.2, 0.25) is 0 Å². The normalized spacial score (nSPS) is 19.8. The fourth-order valence-electron chi connectivity index (χ4n) is 2.67. The standard InChI is InChI=1S/C17H22BBrF2O4/c1-6-23-13(22)9-10(14-12(20)8-7-11(19)15(14)21)18-24-16(2,3)17(4,5)25-18/h7-8,10H,6,9H2,1-5H3. The van der Waals surface area contributed by atoms with E-state index in [4.69, 9.17) is 14.0 Å². The van der Waals surface area contributed by atoms with E-state index in [-0.39, 0.29) is 23.1 Å². The van der Waals surface area contributed by atoms with Crippen LogP contribution in [-0.4, -0.2) is 30.9 Å². The zero-order valence-corrected chi connectivity index (χ0v) is 16.6. The molecule has 1 aromatic rings. The van der Waals surface area contributed by atoms with E-state index in [1.165, 1.54) is 6.07 Å². The molecule has 0 bridgehead atoms. The van der Waals surface area contributed by atoms with Crippen LogP contribution in [0.1, 0.15) is 52.4 Å². The summed E-state index contributed by atoms with van der Waals surface area (Å²) in [7, 11) is -0.979. The number of carbonyl (C=O) groups excluding carboxylic acids is 1. The molecule has 1 saturated heterocycles. The van der Waals surface area contributed by atoms with E-state index in [9.17, 15) is 13.6 Å². The lowest BCUT2D eigenvalue weighted by Crippen LogP contribution is -2.41. The van der Waals surface area contributed by atoms with Crippen LogP contribution < -0.4 is 0 Å². The van der Waals surface area contributed by atoms with Crippen molar-refractivity contribution in [2.75, 3.05) is 6.61 Å². The van der Waals surface area contributed by atoms with Gasteiger partial charge in [0.1, 0.15) is 11.6 Å². The molecule has 8 heteroatoms. The quantitative estimate of drug-likeness (QED) is 0.404. The Balaban J connectivity index is 2.46. The Bertz CT molecular complexity index is 650. The summed E-state index contributed by atoms with van der Waals surface area (Å²) in [6.07, 6.45) is -0.255. The number of esters is 1. The number of carbonyl (C=O) groups is 1. The van der Waals surface area contributed by atoms with Gasteiger partial charge >= 0.3 is 13.1 Å². The monoisotopic (exact) mass is 418 g/mol. The number of hydrogen-bond donors (Lipinski definition) is 0. The number of halogens is 3. The molecule has 1 heterocycles. The maximum absolute atomic E-state index is 14.6. The fourth-order valence-corrected chi connectivity index (χ4v) is 3.02. The lowest BCUT2D eigenvalue weighted by molar-refractivity contribution is -0.143. The highest BCUT2D eigenvalue weighted by molar-refractivity contribution is 9.10. The van der Waals surface area contributed by atoms with Gasteiger partial charge in [-0.2, -0.15) is 0 Å². The lowest BCUT2D eigenvalue weighted by atomic mass is 9.66. The molecule has 0 saturated carbocycles. The average molecular weight is 419 g/mol. The smallest absolute Gasteiger partial charge is 0.466 e. The molecular formula is C17H22BBrF2O4. The Kier molecular flexibility index (Phi) is 5.96. The van der Waals surface area contributed by atoms with E-state index in [1.54, 1.807) is 6.92 Å². The first-order chi connectivity index (χ1) is 11.5. The van der Waals surface area contributed by atoms with E-state index >= 15 is 0 Å². The largest absolute Gasteiger partial charge is 0.466 e. The molecular weight excluding hydrogens is 397 g/mol. The molecule has 1 aliphatic heterocycles. The van der Waals surface area contributed by atoms with Crippen molar-refractivity contribution in [2.24, 2.45) is 0 Å². The maximum Gasteiger partial charge on any atom is 0.466 e. The van der Waals surface area contributed by atoms with E-state index in [0.717, 1.165) is 6.07 Å². The molecule has 1 unspecified atom stereocenters. The summed E-state index contributed by atoms with van der Waals surface area (Å²) < 4.78 is 46.0. The molecule has 2 rings (SSSR count). The van der Waals surface area contributed by atoms with Gasteiger partial charge in [-0.1, -0.05) is 0 Å². The Morgan fingerprint density at radius 2 is 1.80 bits per heavy atom. The van der Waals surface area contributed by atoms with Crippen LogP contribution >= 0.6 is 15.9 Å². The van der Waals surface area contributed by atoms with E-state index in [1.807, 2.05) is 27.7 Å². The van der Waals surface area contributed by atoms with Crippen LogP contribution in [0.2, 0.25) is 0 Å². The van der Waals surface area contributed by atoms with Gasteiger partial charge in [-0.15, -0.1) is 0 Å². The van der Waals surface area contributed by atoms with Gasteiger partial charge in [-0.25, -0.2) is 8.78 Å². The van der Waals surface area contributed by atoms with Crippen molar-refractivity contribution >= 4 is 29.0 Å². The van der Waals surface area contributed by atoms with Crippen molar-refractivity contribution in [3.63, 3.8) is 0 Å². The predicted octanol–water partition coefficient (Wildman–Crippen LogP) is 4.40. The van der Waals surface area contributed by atoms with Crippen LogP contribution in [-0.2, 0) is 18.8 Å². The van der Waals surface area contributed by atoms with Gasteiger partial charge in [-0.3, -0.25) is 4.79 Å². The highest BCUT2D eigenvalue weighted by atomic mass is 79.9. The van der Waals surface area contributed by atoms with Crippen LogP contribution in [0, 0.1) is 11.6 Å². The van der Waals surface area contributed by atoms with Crippen molar-refractivity contribution in [1.29, 1.82) is 0 Å². The Morgan fingerprint density at radius 3 is 2.32 bits per heavy atom. The highest BCUT2D eigenvalue weighted by Crippen LogP contribution is 2.43. The van der Waals surface area contributed by atoms with Crippen molar-refractivity contribution < 1.29 is 27.6 Å². The summed E-state index contributed by atoms with van der Waals surface area (Å²) in [4.78, 5) is 12.0. The minimum atomic E-state index is -0.979. The number of hydrogen-bond acceptors (Lipinski definition) is 4. The van der Waals surface area contributed by atoms with Gasteiger partial charge in [0.05, 0.1) is 28.7 Å². The molecule has 1 fully saturated rings. The van der Waals surface area contributed by atoms with Gasteiger partial charge in [0.25, 0.3) is 0 Å². The molecule has 0 aliphatic carbocycles. The second-order valence-corrected chi connectivity index (χ2v) is 7.85. The number of benzene rings is 1. The molecule has 0 N–H and O–H groups in total. The van der Waals surface area contributed by atoms with Crippen LogP contribution in [0.4, 0.5) is 8.78 Å². The van der Waals surface area contributed by atoms with Crippen molar-refractivity contribution in [3.8, 4) is 0 Å². The minimum absolute atomic E-state index is 0.106. The Morgan fingerprint density at radius 1 is 1.24 bits per heavy atom. The van der Waals surface area contributed by atoms with Crippen LogP contribution in [0.3, 0.4) is 0 Å². The summed E-state index contributed by atoms with van der Waals surface area (Å²) in [5.74, 6) is -3.08. The highest BCUT2D eigenvalue weighted by Gasteiger charge is 2.55. The molecule has 25 heavy (non-hydrogen) atoms. The fraction of sp³-hybridized carbons (Fsp3) is 0.588. The first kappa shape index (κ1) is 20.3. The van der Waals surface area contributed by atoms with E-state index in [2.05, 4.69) is 15.9 Å². The topological polar surface area (TPSA) is 44.8 Å². The Labute approximate surface area is 155 Å². The SMILES string of the molecule is CCOC(=O)CC(B1OC(C)(C)C(C)(C)O1)c1c(F)ccc(Br)c1F. The second kappa shape index (κ2) is 7.33. The molecule has 1 aromatic carbocycles. The third-order valence-electron chi connectivity index (χ3n) is 4.74. The third kappa shape index (κ3) is 4.06. The molecule has 1 aliphatic rings. The zero-order valence-electron chi connectivity index (χ0n) is 15.0. The summed E-state index contributed by atoms with van der Waals surface area (Å²) in [6.45, 7) is 9.19. The number of ether oxygens (including phenoxy) is 1. The molecule has 0 aromatic heterocycles. The van der Waals surface area contributed by atoms with Crippen molar-refractivity contribution in [1.82, 2.24) is 0 Å². The van der Waals surface area contributed by atoms with Crippen molar-refractivity contribution in [2.45, 2.75) is 58.1 Å². The van der Waals surface area contributed by atoms with Crippen molar-refractivity contribution in [3.05, 3.63) is 33.8 Å². The molecule has 0 radical (unpaired) electrons. The summed E-state index contributed by atoms with van der Waals surface area (Å²) in [6, 6.07) is 2.42. The molecule has 0 spiro atoms. The van der Waals surface area contributed by atoms with Crippen LogP contribution in [0.5, 0.6) is 0 Å². The second-order valence-electron chi connectivity index (χ2n) is 7.00. The zero-order chi connectivity index (χ0) is 19.0. The third-order valence-corrected chi connectivity index (χ3v) is 5.35. The predicted molar refractivity (Wildman–Crippen MR) is 94.1 cm³/mol. The molecule has 1 atom stereocenters. The van der Waals surface area contributed by atoms with Gasteiger partial charge in [0.15, 0.2) is 0 Å². The first-order valence-corrected chi connectivity index (χ1v) is 8.94. The molecule has 0 amide bonds. The van der Waals surface area contributed by atoms with E-state index in [0.29, 0.717) is 0 Å².